The fourth-order valence-electron chi connectivity index (χ4n) is 6.40. The smallest absolute Gasteiger partial charge is 0.123 e. The zero-order valence-electron chi connectivity index (χ0n) is 17.7. The van der Waals surface area contributed by atoms with Crippen LogP contribution in [0.5, 0.6) is 0 Å². The molecule has 0 saturated carbocycles. The summed E-state index contributed by atoms with van der Waals surface area (Å²) in [6.07, 6.45) is 5.23. The van der Waals surface area contributed by atoms with E-state index in [0.717, 1.165) is 48.9 Å². The van der Waals surface area contributed by atoms with Crippen LogP contribution in [0.25, 0.3) is 0 Å². The third-order valence-electron chi connectivity index (χ3n) is 7.79. The number of alkyl halides is 1. The highest BCUT2D eigenvalue weighted by Crippen LogP contribution is 2.49. The van der Waals surface area contributed by atoms with Crippen molar-refractivity contribution in [2.24, 2.45) is 5.92 Å². The zero-order valence-corrected chi connectivity index (χ0v) is 19.8. The first-order valence-electron chi connectivity index (χ1n) is 11.6. The van der Waals surface area contributed by atoms with Gasteiger partial charge in [0.25, 0.3) is 0 Å². The predicted molar refractivity (Wildman–Crippen MR) is 127 cm³/mol. The Bertz CT molecular complexity index is 968. The van der Waals surface area contributed by atoms with Crippen LogP contribution < -0.4 is 0 Å². The van der Waals surface area contributed by atoms with E-state index in [1.807, 2.05) is 6.07 Å². The Morgan fingerprint density at radius 2 is 1.87 bits per heavy atom. The highest BCUT2D eigenvalue weighted by atomic mass is 127. The van der Waals surface area contributed by atoms with Crippen LogP contribution in [0.4, 0.5) is 4.39 Å². The summed E-state index contributed by atoms with van der Waals surface area (Å²) in [5, 5.41) is 0. The molecule has 0 aromatic heterocycles. The van der Waals surface area contributed by atoms with E-state index < -0.39 is 0 Å². The van der Waals surface area contributed by atoms with Gasteiger partial charge in [-0.3, -0.25) is 0 Å². The van der Waals surface area contributed by atoms with Gasteiger partial charge in [-0.2, -0.15) is 0 Å². The summed E-state index contributed by atoms with van der Waals surface area (Å²) in [6, 6.07) is 14.0. The minimum absolute atomic E-state index is 0.0462. The minimum atomic E-state index is -0.163. The molecule has 3 saturated heterocycles. The molecule has 0 bridgehead atoms. The molecule has 3 unspecified atom stereocenters. The van der Waals surface area contributed by atoms with Gasteiger partial charge in [0.2, 0.25) is 0 Å². The van der Waals surface area contributed by atoms with Crippen molar-refractivity contribution in [2.45, 2.75) is 56.0 Å². The second-order valence-corrected chi connectivity index (χ2v) is 10.6. The van der Waals surface area contributed by atoms with Crippen molar-refractivity contribution in [1.29, 1.82) is 0 Å². The Balaban J connectivity index is 1.23. The number of halogens is 2. The molecule has 0 spiro atoms. The van der Waals surface area contributed by atoms with E-state index in [4.69, 9.17) is 9.47 Å². The number of piperidine rings is 1. The van der Waals surface area contributed by atoms with Crippen LogP contribution in [0.15, 0.2) is 42.5 Å². The van der Waals surface area contributed by atoms with Crippen molar-refractivity contribution in [1.82, 2.24) is 4.90 Å². The van der Waals surface area contributed by atoms with Crippen LogP contribution in [0.1, 0.15) is 53.5 Å². The van der Waals surface area contributed by atoms with Gasteiger partial charge in [0.1, 0.15) is 5.82 Å². The van der Waals surface area contributed by atoms with Crippen molar-refractivity contribution in [3.05, 3.63) is 70.5 Å². The molecule has 3 aliphatic heterocycles. The maximum atomic E-state index is 14.2. The standard InChI is InChI=1S/C26H29FINO2/c27-19-6-5-17-9-16-3-1-2-4-22(16)24-12-21(31-26(24)23(17)11-19)15-29-8-7-25-18(14-29)10-20(13-28)30-25/h1-6,11,18,20-21,24-26H,7-10,12-15H2/t18?,20?,21-,24-,25?,26+/m1/s1. The lowest BCUT2D eigenvalue weighted by Crippen LogP contribution is -2.44. The van der Waals surface area contributed by atoms with E-state index in [-0.39, 0.29) is 18.0 Å². The van der Waals surface area contributed by atoms with Crippen LogP contribution in [-0.4, -0.2) is 47.3 Å². The van der Waals surface area contributed by atoms with Crippen LogP contribution in [0.2, 0.25) is 0 Å². The van der Waals surface area contributed by atoms with Gasteiger partial charge in [-0.1, -0.05) is 52.9 Å². The van der Waals surface area contributed by atoms with E-state index in [1.165, 1.54) is 23.1 Å². The highest BCUT2D eigenvalue weighted by molar-refractivity contribution is 14.1. The second kappa shape index (κ2) is 8.40. The lowest BCUT2D eigenvalue weighted by atomic mass is 9.87. The average Bonchev–Trinajstić information content (AvgIpc) is 3.36. The molecule has 3 nitrogen and oxygen atoms in total. The van der Waals surface area contributed by atoms with Crippen LogP contribution in [-0.2, 0) is 15.9 Å². The first kappa shape index (κ1) is 20.6. The summed E-state index contributed by atoms with van der Waals surface area (Å²) < 4.78 is 28.2. The molecule has 0 N–H and O–H groups in total. The molecule has 2 aromatic carbocycles. The van der Waals surface area contributed by atoms with Crippen molar-refractivity contribution >= 4 is 22.6 Å². The molecule has 6 rings (SSSR count). The molecule has 0 amide bonds. The maximum Gasteiger partial charge on any atom is 0.123 e. The number of likely N-dealkylation sites (tertiary alicyclic amines) is 1. The molecule has 164 valence electrons. The van der Waals surface area contributed by atoms with E-state index in [9.17, 15) is 4.39 Å². The fourth-order valence-corrected chi connectivity index (χ4v) is 6.97. The van der Waals surface area contributed by atoms with Gasteiger partial charge in [0.05, 0.1) is 24.4 Å². The number of fused-ring (bicyclic) bond motifs is 6. The Labute approximate surface area is 197 Å². The maximum absolute atomic E-state index is 14.2. The predicted octanol–water partition coefficient (Wildman–Crippen LogP) is 5.26. The van der Waals surface area contributed by atoms with E-state index in [2.05, 4.69) is 51.8 Å². The zero-order chi connectivity index (χ0) is 20.9. The molecule has 1 aliphatic carbocycles. The summed E-state index contributed by atoms with van der Waals surface area (Å²) in [4.78, 5) is 2.59. The summed E-state index contributed by atoms with van der Waals surface area (Å²) in [5.74, 6) is 0.805. The molecule has 0 radical (unpaired) electrons. The summed E-state index contributed by atoms with van der Waals surface area (Å²) in [5.41, 5.74) is 5.01. The first-order valence-corrected chi connectivity index (χ1v) is 13.2. The molecule has 31 heavy (non-hydrogen) atoms. The Morgan fingerprint density at radius 1 is 1.00 bits per heavy atom. The summed E-state index contributed by atoms with van der Waals surface area (Å²) >= 11 is 2.45. The quantitative estimate of drug-likeness (QED) is 0.397. The van der Waals surface area contributed by atoms with Gasteiger partial charge in [0, 0.05) is 35.9 Å². The fraction of sp³-hybridized carbons (Fsp3) is 0.538. The molecule has 3 fully saturated rings. The van der Waals surface area contributed by atoms with Crippen LogP contribution >= 0.6 is 22.6 Å². The number of benzene rings is 2. The summed E-state index contributed by atoms with van der Waals surface area (Å²) in [6.45, 7) is 3.18. The van der Waals surface area contributed by atoms with Crippen molar-refractivity contribution in [3.8, 4) is 0 Å². The molecule has 3 heterocycles. The average molecular weight is 533 g/mol. The molecule has 5 heteroatoms. The number of rotatable bonds is 3. The lowest BCUT2D eigenvalue weighted by Gasteiger charge is -2.35. The number of ether oxygens (including phenoxy) is 2. The monoisotopic (exact) mass is 533 g/mol. The lowest BCUT2D eigenvalue weighted by molar-refractivity contribution is -0.0164. The van der Waals surface area contributed by atoms with Gasteiger partial charge in [0.15, 0.2) is 0 Å². The van der Waals surface area contributed by atoms with E-state index in [0.29, 0.717) is 24.0 Å². The third-order valence-corrected chi connectivity index (χ3v) is 8.77. The molecular formula is C26H29FINO2. The van der Waals surface area contributed by atoms with E-state index >= 15 is 0 Å². The highest BCUT2D eigenvalue weighted by Gasteiger charge is 2.43. The first-order chi connectivity index (χ1) is 15.2. The Kier molecular flexibility index (Phi) is 5.57. The van der Waals surface area contributed by atoms with Crippen molar-refractivity contribution in [2.75, 3.05) is 24.1 Å². The number of hydrogen-bond donors (Lipinski definition) is 0. The van der Waals surface area contributed by atoms with Gasteiger partial charge < -0.3 is 14.4 Å². The summed E-state index contributed by atoms with van der Waals surface area (Å²) in [7, 11) is 0. The number of hydrogen-bond acceptors (Lipinski definition) is 3. The second-order valence-electron chi connectivity index (χ2n) is 9.73. The van der Waals surface area contributed by atoms with Gasteiger partial charge >= 0.3 is 0 Å². The molecule has 4 aliphatic rings. The van der Waals surface area contributed by atoms with Gasteiger partial charge in [-0.15, -0.1) is 0 Å². The van der Waals surface area contributed by atoms with Crippen molar-refractivity contribution in [3.63, 3.8) is 0 Å². The topological polar surface area (TPSA) is 21.7 Å². The van der Waals surface area contributed by atoms with Crippen molar-refractivity contribution < 1.29 is 13.9 Å². The molecular weight excluding hydrogens is 504 g/mol. The largest absolute Gasteiger partial charge is 0.374 e. The Morgan fingerprint density at radius 3 is 2.77 bits per heavy atom. The minimum Gasteiger partial charge on any atom is -0.374 e. The molecule has 6 atom stereocenters. The number of nitrogens with zero attached hydrogens (tertiary/aromatic N) is 1. The van der Waals surface area contributed by atoms with E-state index in [1.54, 1.807) is 12.1 Å². The van der Waals surface area contributed by atoms with Gasteiger partial charge in [-0.25, -0.2) is 4.39 Å². The van der Waals surface area contributed by atoms with Crippen LogP contribution in [0.3, 0.4) is 0 Å². The third kappa shape index (κ3) is 3.85. The normalized spacial score (nSPS) is 34.5. The molecule has 2 aromatic rings. The van der Waals surface area contributed by atoms with Crippen LogP contribution in [0, 0.1) is 11.7 Å². The SMILES string of the molecule is Fc1ccc2c(c1)[C@@H]1O[C@@H](CN3CCC4OC(CI)CC4C3)C[C@@H]1c1ccccc1C2. The van der Waals surface area contributed by atoms with Gasteiger partial charge in [-0.05, 0) is 60.1 Å². The Hall–Kier alpha value is -1.02.